The fraction of sp³-hybridized carbons (Fsp3) is 0.0795. The van der Waals surface area contributed by atoms with Gasteiger partial charge in [0.15, 0.2) is 45.6 Å². The molecule has 47 heteroatoms. The predicted molar refractivity (Wildman–Crippen MR) is 472 cm³/mol. The third-order valence-electron chi connectivity index (χ3n) is 17.7. The molecule has 12 heterocycles. The van der Waals surface area contributed by atoms with Gasteiger partial charge in [-0.15, -0.1) is 0 Å². The second kappa shape index (κ2) is 44.0. The average molecular weight is 1850 g/mol. The molecule has 0 saturated heterocycles. The zero-order chi connectivity index (χ0) is 96.5. The number of esters is 1. The van der Waals surface area contributed by atoms with Crippen molar-refractivity contribution in [2.75, 3.05) is 21.3 Å². The van der Waals surface area contributed by atoms with E-state index in [1.54, 1.807) is 174 Å². The lowest BCUT2D eigenvalue weighted by Crippen LogP contribution is -2.18. The van der Waals surface area contributed by atoms with Gasteiger partial charge >= 0.3 is 23.5 Å². The first-order valence-corrected chi connectivity index (χ1v) is 39.5. The van der Waals surface area contributed by atoms with Crippen LogP contribution in [0.5, 0.6) is 0 Å². The van der Waals surface area contributed by atoms with Gasteiger partial charge in [0.25, 0.3) is 47.3 Å². The van der Waals surface area contributed by atoms with Crippen molar-refractivity contribution in [2.45, 2.75) is 46.5 Å². The van der Waals surface area contributed by atoms with Crippen molar-refractivity contribution in [3.8, 4) is 68.6 Å². The number of carbonyl (C=O) groups excluding carboxylic acids is 12. The molecule has 12 aromatic heterocycles. The Morgan fingerprint density at radius 2 is 0.659 bits per heavy atom. The van der Waals surface area contributed by atoms with E-state index in [1.807, 2.05) is 0 Å². The van der Waals surface area contributed by atoms with Crippen LogP contribution in [0.4, 0.5) is 32.3 Å². The molecule has 135 heavy (non-hydrogen) atoms. The Labute approximate surface area is 763 Å². The van der Waals surface area contributed by atoms with Gasteiger partial charge < -0.3 is 86.3 Å². The number of primary amides is 4. The highest BCUT2D eigenvalue weighted by atomic mass is 35.5. The molecular formula is C88H71ClN24O22. The molecule has 0 aliphatic heterocycles. The standard InChI is InChI=1S/C24H20N6O7.C20H14N6O5.C20H16N6O4.C20H14N6O4.C4H7ClO2/c1-13(2)36-24(34)37-23(33)15-3-5-16(6-4-15)30-11-17(19(29-30)20(25)31)27-21(32)18-12-35-22(28-18)14-7-9-26-10-8-14;21-17(27)16-14(9-26(25-16)13-3-1-12(2-4-13)20(29)30)23-18(28)15-10-31-19(24-15)11-5-7-22-8-6-11;2*21-18(28)17-15(9-26(25-17)14-3-1-12(10-27)2-4-14)23-19(29)16-11-30-20(24-16)13-5-7-22-8-6-13;1-3(2)7-4(5)6/h3-13H,1-2H3,(H2,25,31)(H,27,32);1-10H,(H2,21,27)(H,23,28)(H,29,30);1-9,11,27H,10H2,(H2,21,28)(H,23,29);1-11H,(H2,21,28)(H,23,29);3H,1-2H3. The number of nitrogens with one attached hydrogen (secondary N) is 4. The lowest BCUT2D eigenvalue weighted by molar-refractivity contribution is 0.0281. The number of carbonyl (C=O) groups is 13. The number of pyridine rings is 4. The van der Waals surface area contributed by atoms with Gasteiger partial charge in [-0.05, 0) is 167 Å². The molecule has 0 bridgehead atoms. The van der Waals surface area contributed by atoms with Crippen LogP contribution in [0.2, 0.25) is 0 Å². The lowest BCUT2D eigenvalue weighted by atomic mass is 10.2. The summed E-state index contributed by atoms with van der Waals surface area (Å²) in [4.78, 5) is 185. The molecule has 46 nitrogen and oxygen atoms in total. The van der Waals surface area contributed by atoms with Gasteiger partial charge in [0.2, 0.25) is 23.6 Å². The summed E-state index contributed by atoms with van der Waals surface area (Å²) in [5.41, 5.74) is 26.7. The van der Waals surface area contributed by atoms with Crippen LogP contribution in [0.15, 0.2) is 263 Å². The summed E-state index contributed by atoms with van der Waals surface area (Å²) in [6, 6.07) is 38.4. The van der Waals surface area contributed by atoms with Crippen LogP contribution in [-0.2, 0) is 20.8 Å². The van der Waals surface area contributed by atoms with Gasteiger partial charge in [-0.2, -0.15) is 20.4 Å². The third kappa shape index (κ3) is 25.2. The first-order valence-electron chi connectivity index (χ1n) is 39.1. The zero-order valence-electron chi connectivity index (χ0n) is 70.4. The number of carboxylic acids is 1. The van der Waals surface area contributed by atoms with E-state index in [-0.39, 0.29) is 116 Å². The molecule has 16 aromatic rings. The number of carboxylic acid groups (broad SMARTS) is 1. The molecule has 0 fully saturated rings. The molecule has 0 aliphatic carbocycles. The maximum Gasteiger partial charge on any atom is 0.516 e. The number of halogens is 1. The van der Waals surface area contributed by atoms with Gasteiger partial charge in [0, 0.05) is 89.0 Å². The molecule has 682 valence electrons. The molecule has 0 aliphatic rings. The van der Waals surface area contributed by atoms with E-state index in [2.05, 4.69) is 91.0 Å². The van der Waals surface area contributed by atoms with Crippen LogP contribution in [0.25, 0.3) is 68.6 Å². The van der Waals surface area contributed by atoms with Crippen molar-refractivity contribution < 1.29 is 104 Å². The van der Waals surface area contributed by atoms with Gasteiger partial charge in [-0.1, -0.05) is 12.1 Å². The molecule has 0 unspecified atom stereocenters. The van der Waals surface area contributed by atoms with Gasteiger partial charge in [0.05, 0.1) is 100 Å². The fourth-order valence-corrected chi connectivity index (χ4v) is 11.6. The molecule has 4 aromatic carbocycles. The van der Waals surface area contributed by atoms with Crippen LogP contribution < -0.4 is 44.2 Å². The van der Waals surface area contributed by atoms with Crippen molar-refractivity contribution in [1.29, 1.82) is 0 Å². The highest BCUT2D eigenvalue weighted by molar-refractivity contribution is 6.61. The Morgan fingerprint density at radius 3 is 0.896 bits per heavy atom. The minimum absolute atomic E-state index is 0.0132. The number of nitrogens with two attached hydrogens (primary N) is 4. The number of benzene rings is 4. The number of ether oxygens (including phenoxy) is 3. The number of nitrogens with zero attached hydrogens (tertiary/aromatic N) is 16. The van der Waals surface area contributed by atoms with Gasteiger partial charge in [0.1, 0.15) is 31.3 Å². The summed E-state index contributed by atoms with van der Waals surface area (Å²) in [5, 5.41) is 44.9. The van der Waals surface area contributed by atoms with Crippen LogP contribution in [-0.4, -0.2) is 178 Å². The van der Waals surface area contributed by atoms with Crippen molar-refractivity contribution in [3.63, 3.8) is 0 Å². The number of aromatic carboxylic acids is 1. The Balaban J connectivity index is 0.000000158. The molecule has 0 radical (unpaired) electrons. The van der Waals surface area contributed by atoms with E-state index in [1.165, 1.54) is 117 Å². The monoisotopic (exact) mass is 1850 g/mol. The van der Waals surface area contributed by atoms with Gasteiger partial charge in [-0.25, -0.2) is 57.8 Å². The number of aliphatic hydroxyl groups is 1. The predicted octanol–water partition coefficient (Wildman–Crippen LogP) is 10.6. The lowest BCUT2D eigenvalue weighted by Gasteiger charge is -2.07. The van der Waals surface area contributed by atoms with E-state index in [0.717, 1.165) is 5.56 Å². The summed E-state index contributed by atoms with van der Waals surface area (Å²) in [6.07, 6.45) is 22.1. The van der Waals surface area contributed by atoms with Crippen molar-refractivity contribution in [1.82, 2.24) is 79.0 Å². The SMILES string of the molecule is CC(C)OC(=O)Cl.CC(C)OC(=O)OC(=O)c1ccc(-n2cc(NC(=O)c3coc(-c4ccncc4)n3)c(C(N)=O)n2)cc1.NC(=O)c1nn(-c2ccc(C(=O)O)cc2)cc1NC(=O)c1coc(-c2ccncc2)n1.NC(=O)c1nn(-c2ccc(C=O)cc2)cc1NC(=O)c1coc(-c2ccncc2)n1.NC(=O)c1nn(-c2ccc(CO)cc2)cc1NC(=O)c1coc(-c2ccncc2)n1. The molecule has 0 saturated carbocycles. The number of amides is 8. The molecule has 0 spiro atoms. The van der Waals surface area contributed by atoms with E-state index >= 15 is 0 Å². The number of oxazole rings is 4. The average Bonchev–Trinajstić information content (AvgIpc) is 1.68. The topological polar surface area (TPSA) is 669 Å². The zero-order valence-corrected chi connectivity index (χ0v) is 71.2. The van der Waals surface area contributed by atoms with Crippen LogP contribution in [0, 0.1) is 0 Å². The normalized spacial score (nSPS) is 10.5. The number of anilines is 4. The second-order valence-corrected chi connectivity index (χ2v) is 28.2. The van der Waals surface area contributed by atoms with E-state index in [9.17, 15) is 62.3 Å². The molecular weight excluding hydrogens is 1780 g/mol. The summed E-state index contributed by atoms with van der Waals surface area (Å²) in [5.74, 6) is -6.82. The Morgan fingerprint density at radius 1 is 0.393 bits per heavy atom. The number of aliphatic hydroxyl groups excluding tert-OH is 1. The highest BCUT2D eigenvalue weighted by Gasteiger charge is 2.27. The smallest absolute Gasteiger partial charge is 0.478 e. The molecule has 0 atom stereocenters. The highest BCUT2D eigenvalue weighted by Crippen LogP contribution is 2.28. The van der Waals surface area contributed by atoms with Crippen LogP contribution >= 0.6 is 11.6 Å². The summed E-state index contributed by atoms with van der Waals surface area (Å²) < 4.78 is 40.5. The minimum Gasteiger partial charge on any atom is -0.478 e. The Kier molecular flexibility index (Phi) is 30.9. The molecule has 14 N–H and O–H groups in total. The van der Waals surface area contributed by atoms with E-state index in [4.69, 9.17) is 67.2 Å². The first-order chi connectivity index (χ1) is 64.8. The van der Waals surface area contributed by atoms with Gasteiger partial charge in [-0.3, -0.25) is 63.1 Å². The third-order valence-corrected chi connectivity index (χ3v) is 17.8. The van der Waals surface area contributed by atoms with Crippen molar-refractivity contribution in [3.05, 3.63) is 313 Å². The second-order valence-electron chi connectivity index (χ2n) is 27.9. The largest absolute Gasteiger partial charge is 0.516 e. The van der Waals surface area contributed by atoms with Crippen molar-refractivity contribution >= 4 is 111 Å². The Hall–Kier alpha value is -19.3. The number of aldehydes is 1. The number of hydrogen-bond donors (Lipinski definition) is 10. The van der Waals surface area contributed by atoms with E-state index < -0.39 is 76.9 Å². The maximum atomic E-state index is 12.7. The summed E-state index contributed by atoms with van der Waals surface area (Å²) in [7, 11) is 0. The van der Waals surface area contributed by atoms with Crippen LogP contribution in [0.1, 0.15) is 148 Å². The maximum absolute atomic E-state index is 12.7. The van der Waals surface area contributed by atoms with Crippen LogP contribution in [0.3, 0.4) is 0 Å². The van der Waals surface area contributed by atoms with E-state index in [0.29, 0.717) is 56.9 Å². The minimum atomic E-state index is -1.11. The number of rotatable bonds is 26. The fourth-order valence-electron chi connectivity index (χ4n) is 11.4. The van der Waals surface area contributed by atoms with Crippen molar-refractivity contribution in [2.24, 2.45) is 22.9 Å². The Bertz CT molecular complexity index is 7000. The molecule has 16 rings (SSSR count). The molecule has 8 amide bonds. The quantitative estimate of drug-likeness (QED) is 0.0104. The summed E-state index contributed by atoms with van der Waals surface area (Å²) >= 11 is 4.81. The summed E-state index contributed by atoms with van der Waals surface area (Å²) in [6.45, 7) is 6.62. The number of aromatic nitrogens is 16. The number of hydrogen-bond acceptors (Lipinski definition) is 33. The first kappa shape index (κ1) is 94.8.